The van der Waals surface area contributed by atoms with Crippen LogP contribution in [-0.2, 0) is 16.6 Å². The average Bonchev–Trinajstić information content (AvgIpc) is 3.29. The minimum atomic E-state index is -5.44. The van der Waals surface area contributed by atoms with Gasteiger partial charge in [-0.05, 0) is 29.0 Å². The molecule has 1 aliphatic heterocycles. The van der Waals surface area contributed by atoms with Gasteiger partial charge < -0.3 is 10.2 Å². The Labute approximate surface area is 224 Å². The number of fused-ring (bicyclic) bond motifs is 1. The molecule has 0 spiro atoms. The van der Waals surface area contributed by atoms with Crippen LogP contribution in [0.5, 0.6) is 0 Å². The van der Waals surface area contributed by atoms with Crippen molar-refractivity contribution in [3.05, 3.63) is 81.6 Å². The second-order valence-electron chi connectivity index (χ2n) is 9.58. The molecule has 3 aromatic carbocycles. The van der Waals surface area contributed by atoms with E-state index in [1.165, 1.54) is 36.4 Å². The number of nitrogens with zero attached hydrogens (tertiary/aromatic N) is 1. The Bertz CT molecular complexity index is 1540. The third-order valence-electron chi connectivity index (χ3n) is 6.87. The zero-order valence-corrected chi connectivity index (χ0v) is 20.6. The van der Waals surface area contributed by atoms with Crippen LogP contribution in [0.4, 0.5) is 39.5 Å². The van der Waals surface area contributed by atoms with Crippen LogP contribution in [0.1, 0.15) is 46.3 Å². The number of oxime groups is 1. The fourth-order valence-corrected chi connectivity index (χ4v) is 5.11. The summed E-state index contributed by atoms with van der Waals surface area (Å²) in [4.78, 5) is 17.5. The average molecular weight is 595 g/mol. The molecule has 1 heterocycles. The molecule has 0 bridgehead atoms. The maximum atomic E-state index is 15.0. The van der Waals surface area contributed by atoms with Gasteiger partial charge in [-0.1, -0.05) is 47.1 Å². The van der Waals surface area contributed by atoms with E-state index in [0.29, 0.717) is 6.07 Å². The number of carbonyl (C=O) groups is 1. The lowest BCUT2D eigenvalue weighted by molar-refractivity contribution is -0.277. The minimum absolute atomic E-state index is 0.0342. The Balaban J connectivity index is 1.54. The summed E-state index contributed by atoms with van der Waals surface area (Å²) in [5, 5.41) is 5.64. The Morgan fingerprint density at radius 3 is 2.25 bits per heavy atom. The summed E-state index contributed by atoms with van der Waals surface area (Å²) in [5.41, 5.74) is -7.42. The molecule has 1 N–H and O–H groups in total. The van der Waals surface area contributed by atoms with Crippen molar-refractivity contribution < 1.29 is 49.1 Å². The van der Waals surface area contributed by atoms with Crippen LogP contribution in [-0.4, -0.2) is 29.8 Å². The van der Waals surface area contributed by atoms with E-state index in [-0.39, 0.29) is 33.7 Å². The van der Waals surface area contributed by atoms with Crippen molar-refractivity contribution in [2.45, 2.75) is 49.2 Å². The van der Waals surface area contributed by atoms with E-state index in [4.69, 9.17) is 16.4 Å². The molecule has 1 fully saturated rings. The summed E-state index contributed by atoms with van der Waals surface area (Å²) in [6.07, 6.45) is -13.1. The number of amides is 1. The Morgan fingerprint density at radius 1 is 1.00 bits per heavy atom. The molecule has 4 nitrogen and oxygen atoms in total. The van der Waals surface area contributed by atoms with E-state index >= 15 is 0 Å². The van der Waals surface area contributed by atoms with E-state index in [9.17, 15) is 44.3 Å². The van der Waals surface area contributed by atoms with E-state index in [2.05, 4.69) is 10.5 Å². The first-order valence-corrected chi connectivity index (χ1v) is 12.0. The first-order valence-electron chi connectivity index (χ1n) is 11.6. The maximum Gasteiger partial charge on any atom is 0.435 e. The van der Waals surface area contributed by atoms with Crippen LogP contribution >= 0.6 is 11.6 Å². The lowest BCUT2D eigenvalue weighted by Crippen LogP contribution is -2.50. The number of benzene rings is 3. The van der Waals surface area contributed by atoms with Crippen LogP contribution in [0.2, 0.25) is 5.02 Å². The molecule has 14 heteroatoms. The van der Waals surface area contributed by atoms with Crippen molar-refractivity contribution in [2.75, 3.05) is 0 Å². The molecule has 5 rings (SSSR count). The fraction of sp³-hybridized carbons (Fsp3) is 0.308. The monoisotopic (exact) mass is 594 g/mol. The number of nitrogens with one attached hydrogen (secondary N) is 1. The molecule has 0 unspecified atom stereocenters. The largest absolute Gasteiger partial charge is 0.435 e. The first kappa shape index (κ1) is 28.1. The topological polar surface area (TPSA) is 50.7 Å². The van der Waals surface area contributed by atoms with Crippen LogP contribution < -0.4 is 5.32 Å². The maximum absolute atomic E-state index is 15.0. The van der Waals surface area contributed by atoms with Crippen molar-refractivity contribution in [1.29, 1.82) is 0 Å². The van der Waals surface area contributed by atoms with Crippen LogP contribution in [0.3, 0.4) is 0 Å². The first-order chi connectivity index (χ1) is 18.5. The molecule has 1 atom stereocenters. The molecular formula is C26H16ClF9N2O2. The van der Waals surface area contributed by atoms with Crippen molar-refractivity contribution in [3.63, 3.8) is 0 Å². The lowest BCUT2D eigenvalue weighted by atomic mass is 9.84. The van der Waals surface area contributed by atoms with Gasteiger partial charge in [0.15, 0.2) is 0 Å². The summed E-state index contributed by atoms with van der Waals surface area (Å²) in [6, 6.07) is 8.30. The molecule has 0 saturated heterocycles. The van der Waals surface area contributed by atoms with Crippen LogP contribution in [0.25, 0.3) is 10.8 Å². The second kappa shape index (κ2) is 9.28. The Morgan fingerprint density at radius 2 is 1.65 bits per heavy atom. The van der Waals surface area contributed by atoms with Crippen molar-refractivity contribution in [3.8, 4) is 0 Å². The van der Waals surface area contributed by atoms with Gasteiger partial charge in [0, 0.05) is 40.6 Å². The Kier molecular flexibility index (Phi) is 6.51. The molecular weight excluding hydrogens is 579 g/mol. The lowest BCUT2D eigenvalue weighted by Gasteiger charge is -2.35. The Hall–Kier alpha value is -3.48. The number of rotatable bonds is 4. The van der Waals surface area contributed by atoms with Gasteiger partial charge in [0.25, 0.3) is 17.4 Å². The van der Waals surface area contributed by atoms with Gasteiger partial charge in [0.05, 0.1) is 17.7 Å². The number of hydrogen-bond donors (Lipinski definition) is 1. The molecule has 40 heavy (non-hydrogen) atoms. The van der Waals surface area contributed by atoms with Gasteiger partial charge >= 0.3 is 12.4 Å². The normalized spacial score (nSPS) is 21.1. The summed E-state index contributed by atoms with van der Waals surface area (Å²) in [7, 11) is 0. The smallest absolute Gasteiger partial charge is 0.374 e. The van der Waals surface area contributed by atoms with Crippen molar-refractivity contribution in [2.24, 2.45) is 5.16 Å². The highest BCUT2D eigenvalue weighted by Gasteiger charge is 2.64. The molecule has 3 aromatic rings. The highest BCUT2D eigenvalue weighted by Crippen LogP contribution is 2.52. The molecule has 0 aromatic heterocycles. The van der Waals surface area contributed by atoms with E-state index in [1.807, 2.05) is 0 Å². The third-order valence-corrected chi connectivity index (χ3v) is 7.09. The van der Waals surface area contributed by atoms with E-state index in [1.54, 1.807) is 0 Å². The predicted molar refractivity (Wildman–Crippen MR) is 126 cm³/mol. The summed E-state index contributed by atoms with van der Waals surface area (Å²) in [6.45, 7) is 0. The molecule has 1 amide bonds. The minimum Gasteiger partial charge on any atom is -0.374 e. The number of halogens is 10. The molecule has 212 valence electrons. The highest BCUT2D eigenvalue weighted by atomic mass is 35.5. The van der Waals surface area contributed by atoms with Crippen LogP contribution in [0, 0.1) is 5.82 Å². The number of alkyl halides is 8. The standard InChI is InChI=1S/C26H16ClF9N2O2/c27-12-7-18(21(28)19(8-12)25(31,32)33)24(26(34,35)36)11-20(38-40-24)16-5-6-17(15-4-2-1-3-14(15)16)22(39)37-13-9-23(29,30)10-13/h1-8,13H,9-11H2,(H,37,39)/t24-/m1/s1. The van der Waals surface area contributed by atoms with Crippen molar-refractivity contribution in [1.82, 2.24) is 5.32 Å². The summed E-state index contributed by atoms with van der Waals surface area (Å²) >= 11 is 5.66. The van der Waals surface area contributed by atoms with Gasteiger partial charge in [-0.2, -0.15) is 26.3 Å². The van der Waals surface area contributed by atoms with Gasteiger partial charge in [-0.15, -0.1) is 0 Å². The molecule has 2 aliphatic rings. The zero-order valence-electron chi connectivity index (χ0n) is 19.9. The van der Waals surface area contributed by atoms with Crippen molar-refractivity contribution >= 4 is 34.0 Å². The van der Waals surface area contributed by atoms with Crippen LogP contribution in [0.15, 0.2) is 53.7 Å². The SMILES string of the molecule is O=C(NC1CC(F)(F)C1)c1ccc(C2=NO[C@](c3cc(Cl)cc(C(F)(F)F)c3F)(C(F)(F)F)C2)c2ccccc12. The highest BCUT2D eigenvalue weighted by molar-refractivity contribution is 6.30. The quantitative estimate of drug-likeness (QED) is 0.314. The molecule has 1 aliphatic carbocycles. The van der Waals surface area contributed by atoms with Gasteiger partial charge in [0.2, 0.25) is 0 Å². The van der Waals surface area contributed by atoms with Gasteiger partial charge in [-0.25, -0.2) is 13.2 Å². The summed E-state index contributed by atoms with van der Waals surface area (Å²) < 4.78 is 125. The number of carbonyl (C=O) groups excluding carboxylic acids is 1. The van der Waals surface area contributed by atoms with Gasteiger partial charge in [0.1, 0.15) is 5.82 Å². The molecule has 0 radical (unpaired) electrons. The molecule has 1 saturated carbocycles. The third kappa shape index (κ3) is 4.73. The predicted octanol–water partition coefficient (Wildman–Crippen LogP) is 7.76. The zero-order chi connectivity index (χ0) is 29.3. The summed E-state index contributed by atoms with van der Waals surface area (Å²) in [5.74, 6) is -5.76. The van der Waals surface area contributed by atoms with E-state index in [0.717, 1.165) is 0 Å². The fourth-order valence-electron chi connectivity index (χ4n) is 4.89. The van der Waals surface area contributed by atoms with E-state index < -0.39 is 77.1 Å². The number of hydrogen-bond acceptors (Lipinski definition) is 3. The van der Waals surface area contributed by atoms with Gasteiger partial charge in [-0.3, -0.25) is 4.79 Å². The second-order valence-corrected chi connectivity index (χ2v) is 10.0.